The Labute approximate surface area is 151 Å². The molecule has 3 rings (SSSR count). The van der Waals surface area contributed by atoms with E-state index in [1.54, 1.807) is 14.0 Å². The SMILES string of the molecule is Cc1nn(C)cc1S(=O)(=O)N1CCC(C(=O)Nc2ccc(F)cc2)CC1. The molecule has 0 unspecified atom stereocenters. The van der Waals surface area contributed by atoms with E-state index in [9.17, 15) is 17.6 Å². The fourth-order valence-electron chi connectivity index (χ4n) is 3.11. The largest absolute Gasteiger partial charge is 0.326 e. The number of benzene rings is 1. The fourth-order valence-corrected chi connectivity index (χ4v) is 4.78. The molecule has 1 saturated heterocycles. The van der Waals surface area contributed by atoms with Gasteiger partial charge in [0, 0.05) is 37.9 Å². The molecule has 1 aromatic carbocycles. The number of nitrogens with zero attached hydrogens (tertiary/aromatic N) is 3. The molecule has 0 radical (unpaired) electrons. The summed E-state index contributed by atoms with van der Waals surface area (Å²) < 4.78 is 41.3. The van der Waals surface area contributed by atoms with Gasteiger partial charge in [-0.15, -0.1) is 0 Å². The van der Waals surface area contributed by atoms with Crippen molar-refractivity contribution in [2.75, 3.05) is 18.4 Å². The van der Waals surface area contributed by atoms with E-state index in [-0.39, 0.29) is 35.6 Å². The van der Waals surface area contributed by atoms with Crippen molar-refractivity contribution in [3.05, 3.63) is 42.0 Å². The molecule has 2 heterocycles. The van der Waals surface area contributed by atoms with Crippen LogP contribution < -0.4 is 5.32 Å². The molecule has 26 heavy (non-hydrogen) atoms. The van der Waals surface area contributed by atoms with E-state index in [4.69, 9.17) is 0 Å². The summed E-state index contributed by atoms with van der Waals surface area (Å²) in [6, 6.07) is 5.55. The standard InChI is InChI=1S/C17H21FN4O3S/c1-12-16(11-21(2)20-12)26(24,25)22-9-7-13(8-10-22)17(23)19-15-5-3-14(18)4-6-15/h3-6,11,13H,7-10H2,1-2H3,(H,19,23). The first kappa shape index (κ1) is 18.5. The van der Waals surface area contributed by atoms with Gasteiger partial charge in [0.15, 0.2) is 0 Å². The highest BCUT2D eigenvalue weighted by Gasteiger charge is 2.33. The van der Waals surface area contributed by atoms with Crippen LogP contribution in [-0.4, -0.2) is 41.5 Å². The van der Waals surface area contributed by atoms with E-state index in [2.05, 4.69) is 10.4 Å². The lowest BCUT2D eigenvalue weighted by molar-refractivity contribution is -0.120. The zero-order valence-electron chi connectivity index (χ0n) is 14.6. The van der Waals surface area contributed by atoms with Crippen LogP contribution in [0.5, 0.6) is 0 Å². The van der Waals surface area contributed by atoms with Crippen molar-refractivity contribution in [3.8, 4) is 0 Å². The first-order valence-corrected chi connectivity index (χ1v) is 9.78. The maximum Gasteiger partial charge on any atom is 0.246 e. The van der Waals surface area contributed by atoms with E-state index in [1.165, 1.54) is 39.4 Å². The second-order valence-electron chi connectivity index (χ2n) is 6.43. The molecule has 1 aliphatic heterocycles. The van der Waals surface area contributed by atoms with Gasteiger partial charge >= 0.3 is 0 Å². The number of aromatic nitrogens is 2. The lowest BCUT2D eigenvalue weighted by Gasteiger charge is -2.30. The third kappa shape index (κ3) is 3.78. The molecule has 1 N–H and O–H groups in total. The van der Waals surface area contributed by atoms with E-state index >= 15 is 0 Å². The summed E-state index contributed by atoms with van der Waals surface area (Å²) in [6.45, 7) is 2.21. The number of rotatable bonds is 4. The van der Waals surface area contributed by atoms with Gasteiger partial charge in [0.2, 0.25) is 15.9 Å². The molecule has 0 bridgehead atoms. The van der Waals surface area contributed by atoms with E-state index < -0.39 is 10.0 Å². The number of piperidine rings is 1. The number of hydrogen-bond acceptors (Lipinski definition) is 4. The molecule has 0 aliphatic carbocycles. The summed E-state index contributed by atoms with van der Waals surface area (Å²) in [7, 11) is -1.93. The van der Waals surface area contributed by atoms with Gasteiger partial charge in [-0.3, -0.25) is 9.48 Å². The van der Waals surface area contributed by atoms with Gasteiger partial charge in [-0.25, -0.2) is 12.8 Å². The van der Waals surface area contributed by atoms with Crippen molar-refractivity contribution in [3.63, 3.8) is 0 Å². The van der Waals surface area contributed by atoms with Gasteiger partial charge in [-0.1, -0.05) is 0 Å². The number of anilines is 1. The Morgan fingerprint density at radius 3 is 2.38 bits per heavy atom. The molecule has 1 aliphatic rings. The number of carbonyl (C=O) groups excluding carboxylic acids is 1. The van der Waals surface area contributed by atoms with Crippen molar-refractivity contribution in [2.24, 2.45) is 13.0 Å². The molecule has 0 saturated carbocycles. The summed E-state index contributed by atoms with van der Waals surface area (Å²) in [4.78, 5) is 12.6. The monoisotopic (exact) mass is 380 g/mol. The predicted octanol–water partition coefficient (Wildman–Crippen LogP) is 1.91. The lowest BCUT2D eigenvalue weighted by Crippen LogP contribution is -2.41. The Balaban J connectivity index is 1.62. The Hall–Kier alpha value is -2.26. The molecule has 140 valence electrons. The highest BCUT2D eigenvalue weighted by molar-refractivity contribution is 7.89. The third-order valence-electron chi connectivity index (χ3n) is 4.52. The van der Waals surface area contributed by atoms with Gasteiger partial charge in [0.25, 0.3) is 0 Å². The average molecular weight is 380 g/mol. The minimum Gasteiger partial charge on any atom is -0.326 e. The minimum absolute atomic E-state index is 0.175. The Bertz CT molecular complexity index is 901. The number of nitrogens with one attached hydrogen (secondary N) is 1. The molecule has 1 aromatic heterocycles. The van der Waals surface area contributed by atoms with Crippen LogP contribution in [-0.2, 0) is 21.9 Å². The molecular weight excluding hydrogens is 359 g/mol. The maximum atomic E-state index is 12.9. The summed E-state index contributed by atoms with van der Waals surface area (Å²) in [5, 5.41) is 6.84. The van der Waals surface area contributed by atoms with Gasteiger partial charge in [0.1, 0.15) is 10.7 Å². The molecule has 0 spiro atoms. The van der Waals surface area contributed by atoms with Gasteiger partial charge in [0.05, 0.1) is 5.69 Å². The number of halogens is 1. The van der Waals surface area contributed by atoms with E-state index in [0.717, 1.165) is 0 Å². The van der Waals surface area contributed by atoms with Crippen LogP contribution in [0.3, 0.4) is 0 Å². The van der Waals surface area contributed by atoms with Crippen LogP contribution in [0.4, 0.5) is 10.1 Å². The molecular formula is C17H21FN4O3S. The van der Waals surface area contributed by atoms with Crippen LogP contribution in [0.15, 0.2) is 35.4 Å². The third-order valence-corrected chi connectivity index (χ3v) is 6.52. The number of amides is 1. The normalized spacial score (nSPS) is 16.6. The van der Waals surface area contributed by atoms with Crippen molar-refractivity contribution in [1.82, 2.24) is 14.1 Å². The number of hydrogen-bond donors (Lipinski definition) is 1. The van der Waals surface area contributed by atoms with Gasteiger partial charge < -0.3 is 5.32 Å². The quantitative estimate of drug-likeness (QED) is 0.878. The first-order valence-electron chi connectivity index (χ1n) is 8.34. The fraction of sp³-hybridized carbons (Fsp3) is 0.412. The van der Waals surface area contributed by atoms with Crippen LogP contribution in [0.2, 0.25) is 0 Å². The zero-order valence-corrected chi connectivity index (χ0v) is 15.5. The molecule has 0 atom stereocenters. The maximum absolute atomic E-state index is 12.9. The van der Waals surface area contributed by atoms with Crippen LogP contribution in [0.1, 0.15) is 18.5 Å². The van der Waals surface area contributed by atoms with Gasteiger partial charge in [-0.05, 0) is 44.0 Å². The van der Waals surface area contributed by atoms with Gasteiger partial charge in [-0.2, -0.15) is 9.40 Å². The number of aryl methyl sites for hydroxylation is 2. The zero-order chi connectivity index (χ0) is 18.9. The van der Waals surface area contributed by atoms with Crippen molar-refractivity contribution >= 4 is 21.6 Å². The smallest absolute Gasteiger partial charge is 0.246 e. The highest BCUT2D eigenvalue weighted by atomic mass is 32.2. The van der Waals surface area contributed by atoms with E-state index in [0.29, 0.717) is 24.2 Å². The Kier molecular flexibility index (Phi) is 5.10. The van der Waals surface area contributed by atoms with Crippen LogP contribution in [0.25, 0.3) is 0 Å². The Morgan fingerprint density at radius 1 is 1.23 bits per heavy atom. The summed E-state index contributed by atoms with van der Waals surface area (Å²) >= 11 is 0. The predicted molar refractivity (Wildman–Crippen MR) is 94.5 cm³/mol. The molecule has 1 fully saturated rings. The average Bonchev–Trinajstić information content (AvgIpc) is 2.96. The molecule has 7 nitrogen and oxygen atoms in total. The molecule has 1 amide bonds. The van der Waals surface area contributed by atoms with E-state index in [1.807, 2.05) is 0 Å². The molecule has 9 heteroatoms. The summed E-state index contributed by atoms with van der Waals surface area (Å²) in [5.74, 6) is -0.820. The second-order valence-corrected chi connectivity index (χ2v) is 8.33. The number of sulfonamides is 1. The van der Waals surface area contributed by atoms with Crippen LogP contribution >= 0.6 is 0 Å². The highest BCUT2D eigenvalue weighted by Crippen LogP contribution is 2.26. The summed E-state index contributed by atoms with van der Waals surface area (Å²) in [6.07, 6.45) is 2.37. The van der Waals surface area contributed by atoms with Crippen molar-refractivity contribution < 1.29 is 17.6 Å². The Morgan fingerprint density at radius 2 is 1.85 bits per heavy atom. The second kappa shape index (κ2) is 7.16. The van der Waals surface area contributed by atoms with Crippen molar-refractivity contribution in [1.29, 1.82) is 0 Å². The summed E-state index contributed by atoms with van der Waals surface area (Å²) in [5.41, 5.74) is 0.987. The molecule has 2 aromatic rings. The minimum atomic E-state index is -3.61. The lowest BCUT2D eigenvalue weighted by atomic mass is 9.97. The first-order chi connectivity index (χ1) is 12.3. The topological polar surface area (TPSA) is 84.3 Å². The number of carbonyl (C=O) groups is 1. The van der Waals surface area contributed by atoms with Crippen LogP contribution in [0, 0.1) is 18.7 Å². The van der Waals surface area contributed by atoms with Crippen molar-refractivity contribution in [2.45, 2.75) is 24.7 Å².